The van der Waals surface area contributed by atoms with Gasteiger partial charge in [0.05, 0.1) is 18.8 Å². The van der Waals surface area contributed by atoms with Crippen LogP contribution in [0.3, 0.4) is 0 Å². The fraction of sp³-hybridized carbons (Fsp3) is 0.222. The number of amides is 2. The van der Waals surface area contributed by atoms with Gasteiger partial charge in [0.25, 0.3) is 0 Å². The van der Waals surface area contributed by atoms with Crippen molar-refractivity contribution in [3.8, 4) is 0 Å². The van der Waals surface area contributed by atoms with Gasteiger partial charge >= 0.3 is 0 Å². The van der Waals surface area contributed by atoms with E-state index in [1.807, 2.05) is 18.2 Å². The molecule has 0 aliphatic rings. The number of carbonyl (C=O) groups is 2. The topological polar surface area (TPSA) is 61.4 Å². The number of nitrogens with one attached hydrogen (secondary N) is 2. The lowest BCUT2D eigenvalue weighted by molar-refractivity contribution is -0.119. The molecule has 0 aliphatic carbocycles. The SMILES string of the molecule is Cc1ccc(NC(=O)CN(C)CC(=O)Nc2ccccc2Br)cc1F. The van der Waals surface area contributed by atoms with Crippen LogP contribution in [0.4, 0.5) is 15.8 Å². The van der Waals surface area contributed by atoms with E-state index in [-0.39, 0.29) is 30.7 Å². The Kier molecular flexibility index (Phi) is 6.66. The highest BCUT2D eigenvalue weighted by atomic mass is 79.9. The highest BCUT2D eigenvalue weighted by Gasteiger charge is 2.12. The number of benzene rings is 2. The standard InChI is InChI=1S/C18H19BrFN3O2/c1-12-7-8-13(9-15(12)20)21-17(24)10-23(2)11-18(25)22-16-6-4-3-5-14(16)19/h3-9H,10-11H2,1-2H3,(H,21,24)(H,22,25). The van der Waals surface area contributed by atoms with Crippen molar-refractivity contribution in [3.05, 3.63) is 58.3 Å². The second kappa shape index (κ2) is 8.73. The van der Waals surface area contributed by atoms with Crippen LogP contribution in [-0.2, 0) is 9.59 Å². The summed E-state index contributed by atoms with van der Waals surface area (Å²) < 4.78 is 14.3. The highest BCUT2D eigenvalue weighted by Crippen LogP contribution is 2.21. The summed E-state index contributed by atoms with van der Waals surface area (Å²) in [6.45, 7) is 1.72. The molecule has 0 saturated carbocycles. The minimum atomic E-state index is -0.376. The van der Waals surface area contributed by atoms with Gasteiger partial charge in [-0.25, -0.2) is 4.39 Å². The van der Waals surface area contributed by atoms with Crippen molar-refractivity contribution in [2.75, 3.05) is 30.8 Å². The maximum atomic E-state index is 13.5. The van der Waals surface area contributed by atoms with Crippen LogP contribution in [0, 0.1) is 12.7 Å². The Morgan fingerprint density at radius 2 is 1.72 bits per heavy atom. The number of likely N-dealkylation sites (N-methyl/N-ethyl adjacent to an activating group) is 1. The number of aryl methyl sites for hydroxylation is 1. The summed E-state index contributed by atoms with van der Waals surface area (Å²) in [6.07, 6.45) is 0. The Bertz CT molecular complexity index is 783. The molecule has 0 bridgehead atoms. The summed E-state index contributed by atoms with van der Waals surface area (Å²) in [5.74, 6) is -0.929. The van der Waals surface area contributed by atoms with Gasteiger partial charge in [0.15, 0.2) is 0 Å². The van der Waals surface area contributed by atoms with Gasteiger partial charge < -0.3 is 10.6 Å². The quantitative estimate of drug-likeness (QED) is 0.770. The Balaban J connectivity index is 1.83. The van der Waals surface area contributed by atoms with E-state index in [9.17, 15) is 14.0 Å². The van der Waals surface area contributed by atoms with Gasteiger partial charge in [0.2, 0.25) is 11.8 Å². The molecule has 0 saturated heterocycles. The van der Waals surface area contributed by atoms with Crippen LogP contribution in [0.1, 0.15) is 5.56 Å². The minimum absolute atomic E-state index is 0.0128. The number of anilines is 2. The first-order chi connectivity index (χ1) is 11.8. The molecule has 2 aromatic carbocycles. The second-order valence-electron chi connectivity index (χ2n) is 5.71. The fourth-order valence-corrected chi connectivity index (χ4v) is 2.55. The summed E-state index contributed by atoms with van der Waals surface area (Å²) in [6, 6.07) is 11.8. The number of hydrogen-bond acceptors (Lipinski definition) is 3. The number of carbonyl (C=O) groups excluding carboxylic acids is 2. The third kappa shape index (κ3) is 5.95. The van der Waals surface area contributed by atoms with E-state index < -0.39 is 0 Å². The maximum Gasteiger partial charge on any atom is 0.238 e. The molecule has 0 atom stereocenters. The molecule has 2 N–H and O–H groups in total. The molecule has 5 nitrogen and oxygen atoms in total. The number of para-hydroxylation sites is 1. The van der Waals surface area contributed by atoms with Gasteiger partial charge in [-0.3, -0.25) is 14.5 Å². The van der Waals surface area contributed by atoms with E-state index >= 15 is 0 Å². The zero-order valence-corrected chi connectivity index (χ0v) is 15.6. The van der Waals surface area contributed by atoms with E-state index in [2.05, 4.69) is 26.6 Å². The predicted octanol–water partition coefficient (Wildman–Crippen LogP) is 3.41. The van der Waals surface area contributed by atoms with Gasteiger partial charge in [0.1, 0.15) is 5.82 Å². The summed E-state index contributed by atoms with van der Waals surface area (Å²) in [5, 5.41) is 5.38. The smallest absolute Gasteiger partial charge is 0.238 e. The molecule has 2 aromatic rings. The lowest BCUT2D eigenvalue weighted by Crippen LogP contribution is -2.36. The van der Waals surface area contributed by atoms with Crippen molar-refractivity contribution >= 4 is 39.1 Å². The molecule has 0 spiro atoms. The van der Waals surface area contributed by atoms with Crippen molar-refractivity contribution in [1.29, 1.82) is 0 Å². The molecule has 0 fully saturated rings. The molecule has 0 aromatic heterocycles. The second-order valence-corrected chi connectivity index (χ2v) is 6.57. The summed E-state index contributed by atoms with van der Waals surface area (Å²) in [7, 11) is 1.66. The molecule has 7 heteroatoms. The molecule has 132 valence electrons. The van der Waals surface area contributed by atoms with E-state index in [0.717, 1.165) is 4.47 Å². The van der Waals surface area contributed by atoms with Gasteiger partial charge in [0, 0.05) is 10.2 Å². The van der Waals surface area contributed by atoms with Crippen LogP contribution >= 0.6 is 15.9 Å². The van der Waals surface area contributed by atoms with Crippen LogP contribution in [0.2, 0.25) is 0 Å². The van der Waals surface area contributed by atoms with Crippen molar-refractivity contribution in [3.63, 3.8) is 0 Å². The molecule has 2 rings (SSSR count). The maximum absolute atomic E-state index is 13.5. The fourth-order valence-electron chi connectivity index (χ4n) is 2.17. The van der Waals surface area contributed by atoms with Crippen molar-refractivity contribution in [1.82, 2.24) is 4.90 Å². The number of nitrogens with zero attached hydrogens (tertiary/aromatic N) is 1. The van der Waals surface area contributed by atoms with E-state index in [1.165, 1.54) is 6.07 Å². The molecular formula is C18H19BrFN3O2. The molecule has 0 aliphatic heterocycles. The molecule has 0 unspecified atom stereocenters. The van der Waals surface area contributed by atoms with Crippen molar-refractivity contribution in [2.24, 2.45) is 0 Å². The van der Waals surface area contributed by atoms with Gasteiger partial charge in [-0.1, -0.05) is 18.2 Å². The number of rotatable bonds is 6. The monoisotopic (exact) mass is 407 g/mol. The summed E-state index contributed by atoms with van der Waals surface area (Å²) >= 11 is 3.36. The highest BCUT2D eigenvalue weighted by molar-refractivity contribution is 9.10. The normalized spacial score (nSPS) is 10.6. The average Bonchev–Trinajstić information content (AvgIpc) is 2.52. The summed E-state index contributed by atoms with van der Waals surface area (Å²) in [4.78, 5) is 25.6. The number of halogens is 2. The van der Waals surface area contributed by atoms with E-state index in [1.54, 1.807) is 37.1 Å². The Labute approximate surface area is 154 Å². The van der Waals surface area contributed by atoms with Gasteiger partial charge in [-0.15, -0.1) is 0 Å². The lowest BCUT2D eigenvalue weighted by Gasteiger charge is -2.16. The zero-order valence-electron chi connectivity index (χ0n) is 14.0. The van der Waals surface area contributed by atoms with Crippen molar-refractivity contribution < 1.29 is 14.0 Å². The molecular weight excluding hydrogens is 389 g/mol. The van der Waals surface area contributed by atoms with Crippen LogP contribution in [0.25, 0.3) is 0 Å². The van der Waals surface area contributed by atoms with Crippen LogP contribution < -0.4 is 10.6 Å². The van der Waals surface area contributed by atoms with Crippen LogP contribution in [-0.4, -0.2) is 36.9 Å². The lowest BCUT2D eigenvalue weighted by atomic mass is 10.2. The van der Waals surface area contributed by atoms with Crippen LogP contribution in [0.15, 0.2) is 46.9 Å². The Morgan fingerprint density at radius 3 is 2.36 bits per heavy atom. The van der Waals surface area contributed by atoms with E-state index in [4.69, 9.17) is 0 Å². The first-order valence-corrected chi connectivity index (χ1v) is 8.43. The third-order valence-electron chi connectivity index (χ3n) is 3.43. The predicted molar refractivity (Wildman–Crippen MR) is 100 cm³/mol. The van der Waals surface area contributed by atoms with E-state index in [0.29, 0.717) is 16.9 Å². The molecule has 0 heterocycles. The molecule has 0 radical (unpaired) electrons. The average molecular weight is 408 g/mol. The first-order valence-electron chi connectivity index (χ1n) is 7.64. The molecule has 25 heavy (non-hydrogen) atoms. The van der Waals surface area contributed by atoms with Gasteiger partial charge in [-0.05, 0) is 59.7 Å². The molecule has 2 amide bonds. The Morgan fingerprint density at radius 1 is 1.08 bits per heavy atom. The van der Waals surface area contributed by atoms with Crippen LogP contribution in [0.5, 0.6) is 0 Å². The van der Waals surface area contributed by atoms with Gasteiger partial charge in [-0.2, -0.15) is 0 Å². The summed E-state index contributed by atoms with van der Waals surface area (Å²) in [5.41, 5.74) is 1.57. The largest absolute Gasteiger partial charge is 0.325 e. The first kappa shape index (κ1) is 19.1. The van der Waals surface area contributed by atoms with Crippen molar-refractivity contribution in [2.45, 2.75) is 6.92 Å². The third-order valence-corrected chi connectivity index (χ3v) is 4.12. The number of hydrogen-bond donors (Lipinski definition) is 2. The minimum Gasteiger partial charge on any atom is -0.325 e. The zero-order chi connectivity index (χ0) is 18.4. The Hall–Kier alpha value is -2.25.